The maximum Gasteiger partial charge on any atom is 0.232 e. The van der Waals surface area contributed by atoms with E-state index < -0.39 is 10.0 Å². The minimum Gasteiger partial charge on any atom is -0.370 e. The summed E-state index contributed by atoms with van der Waals surface area (Å²) < 4.78 is 38.7. The van der Waals surface area contributed by atoms with E-state index in [1.807, 2.05) is 0 Å². The Labute approximate surface area is 129 Å². The number of rotatable bonds is 7. The van der Waals surface area contributed by atoms with Crippen LogP contribution in [0.15, 0.2) is 42.6 Å². The van der Waals surface area contributed by atoms with Gasteiger partial charge in [0.1, 0.15) is 11.6 Å². The first-order valence-corrected chi connectivity index (χ1v) is 8.59. The van der Waals surface area contributed by atoms with E-state index >= 15 is 0 Å². The fourth-order valence-electron chi connectivity index (χ4n) is 1.84. The van der Waals surface area contributed by atoms with Gasteiger partial charge in [0.15, 0.2) is 0 Å². The smallest absolute Gasteiger partial charge is 0.232 e. The molecule has 2 aromatic rings. The number of pyridine rings is 1. The number of hydrogen-bond donors (Lipinski definition) is 2. The Bertz CT molecular complexity index is 718. The molecule has 0 unspecified atom stereocenters. The number of aromatic nitrogens is 1. The van der Waals surface area contributed by atoms with E-state index in [0.717, 1.165) is 0 Å². The van der Waals surface area contributed by atoms with Crippen molar-refractivity contribution in [1.82, 2.24) is 4.98 Å². The van der Waals surface area contributed by atoms with Gasteiger partial charge in [0.25, 0.3) is 0 Å². The van der Waals surface area contributed by atoms with Crippen molar-refractivity contribution in [3.05, 3.63) is 54.0 Å². The summed E-state index contributed by atoms with van der Waals surface area (Å²) in [5, 5.41) is 3.07. The lowest BCUT2D eigenvalue weighted by atomic mass is 10.1. The van der Waals surface area contributed by atoms with Gasteiger partial charge < -0.3 is 5.32 Å². The van der Waals surface area contributed by atoms with Crippen LogP contribution in [0.4, 0.5) is 15.9 Å². The van der Waals surface area contributed by atoms with E-state index in [1.54, 1.807) is 37.3 Å². The molecule has 0 atom stereocenters. The Morgan fingerprint density at radius 2 is 1.95 bits per heavy atom. The Hall–Kier alpha value is -2.15. The van der Waals surface area contributed by atoms with Crippen LogP contribution >= 0.6 is 0 Å². The molecule has 118 valence electrons. The van der Waals surface area contributed by atoms with Crippen molar-refractivity contribution in [3.63, 3.8) is 0 Å². The molecule has 0 aliphatic rings. The lowest BCUT2D eigenvalue weighted by Crippen LogP contribution is -2.15. The SMILES string of the molecule is CCS(=O)(=O)Nc1ccc(NCCc2ccccc2F)nc1. The van der Waals surface area contributed by atoms with Crippen molar-refractivity contribution in [3.8, 4) is 0 Å². The average molecular weight is 323 g/mol. The second-order valence-electron chi connectivity index (χ2n) is 4.71. The van der Waals surface area contributed by atoms with Crippen molar-refractivity contribution in [1.29, 1.82) is 0 Å². The van der Waals surface area contributed by atoms with Crippen LogP contribution in [-0.4, -0.2) is 25.7 Å². The summed E-state index contributed by atoms with van der Waals surface area (Å²) in [6.07, 6.45) is 1.98. The molecule has 1 heterocycles. The molecule has 0 radical (unpaired) electrons. The van der Waals surface area contributed by atoms with Gasteiger partial charge in [-0.2, -0.15) is 0 Å². The van der Waals surface area contributed by atoms with E-state index in [0.29, 0.717) is 30.0 Å². The van der Waals surface area contributed by atoms with E-state index in [2.05, 4.69) is 15.0 Å². The van der Waals surface area contributed by atoms with Crippen LogP contribution in [0.2, 0.25) is 0 Å². The summed E-state index contributed by atoms with van der Waals surface area (Å²) in [6.45, 7) is 2.10. The molecule has 0 saturated carbocycles. The monoisotopic (exact) mass is 323 g/mol. The Balaban J connectivity index is 1.88. The third kappa shape index (κ3) is 4.70. The van der Waals surface area contributed by atoms with Crippen molar-refractivity contribution >= 4 is 21.5 Å². The van der Waals surface area contributed by atoms with Gasteiger partial charge in [0.2, 0.25) is 10.0 Å². The number of nitrogens with one attached hydrogen (secondary N) is 2. The van der Waals surface area contributed by atoms with Crippen molar-refractivity contribution in [2.75, 3.05) is 22.3 Å². The molecular weight excluding hydrogens is 305 g/mol. The zero-order chi connectivity index (χ0) is 16.0. The fourth-order valence-corrected chi connectivity index (χ4v) is 2.46. The van der Waals surface area contributed by atoms with E-state index in [-0.39, 0.29) is 11.6 Å². The van der Waals surface area contributed by atoms with Crippen LogP contribution in [0.1, 0.15) is 12.5 Å². The molecule has 0 aliphatic heterocycles. The van der Waals surface area contributed by atoms with Gasteiger partial charge in [-0.05, 0) is 37.1 Å². The molecule has 2 rings (SSSR count). The Morgan fingerprint density at radius 1 is 1.18 bits per heavy atom. The van der Waals surface area contributed by atoms with Crippen molar-refractivity contribution < 1.29 is 12.8 Å². The van der Waals surface area contributed by atoms with Gasteiger partial charge in [0.05, 0.1) is 17.6 Å². The third-order valence-corrected chi connectivity index (χ3v) is 4.38. The zero-order valence-electron chi connectivity index (χ0n) is 12.2. The van der Waals surface area contributed by atoms with Crippen LogP contribution < -0.4 is 10.0 Å². The highest BCUT2D eigenvalue weighted by atomic mass is 32.2. The summed E-state index contributed by atoms with van der Waals surface area (Å²) >= 11 is 0. The fraction of sp³-hybridized carbons (Fsp3) is 0.267. The van der Waals surface area contributed by atoms with Gasteiger partial charge in [-0.25, -0.2) is 17.8 Å². The average Bonchev–Trinajstić information content (AvgIpc) is 2.51. The van der Waals surface area contributed by atoms with Crippen LogP contribution in [0.25, 0.3) is 0 Å². The van der Waals surface area contributed by atoms with Gasteiger partial charge in [-0.15, -0.1) is 0 Å². The highest BCUT2D eigenvalue weighted by Gasteiger charge is 2.06. The normalized spacial score (nSPS) is 11.2. The van der Waals surface area contributed by atoms with E-state index in [4.69, 9.17) is 0 Å². The van der Waals surface area contributed by atoms with Crippen LogP contribution in [0.5, 0.6) is 0 Å². The molecular formula is C15H18FN3O2S. The summed E-state index contributed by atoms with van der Waals surface area (Å²) in [6, 6.07) is 9.94. The zero-order valence-corrected chi connectivity index (χ0v) is 13.0. The summed E-state index contributed by atoms with van der Waals surface area (Å²) in [5.74, 6) is 0.396. The second-order valence-corrected chi connectivity index (χ2v) is 6.72. The predicted molar refractivity (Wildman–Crippen MR) is 85.9 cm³/mol. The van der Waals surface area contributed by atoms with Crippen LogP contribution in [0.3, 0.4) is 0 Å². The molecule has 7 heteroatoms. The molecule has 5 nitrogen and oxygen atoms in total. The topological polar surface area (TPSA) is 71.1 Å². The largest absolute Gasteiger partial charge is 0.370 e. The first-order valence-electron chi connectivity index (χ1n) is 6.94. The number of sulfonamides is 1. The molecule has 0 fully saturated rings. The first kappa shape index (κ1) is 16.2. The minimum atomic E-state index is -3.30. The molecule has 1 aromatic heterocycles. The molecule has 1 aromatic carbocycles. The summed E-state index contributed by atoms with van der Waals surface area (Å²) in [7, 11) is -3.30. The maximum atomic E-state index is 13.5. The van der Waals surface area contributed by atoms with Crippen molar-refractivity contribution in [2.45, 2.75) is 13.3 Å². The van der Waals surface area contributed by atoms with Gasteiger partial charge in [-0.3, -0.25) is 4.72 Å². The number of hydrogen-bond acceptors (Lipinski definition) is 4. The molecule has 2 N–H and O–H groups in total. The van der Waals surface area contributed by atoms with Crippen LogP contribution in [0, 0.1) is 5.82 Å². The number of anilines is 2. The molecule has 22 heavy (non-hydrogen) atoms. The quantitative estimate of drug-likeness (QED) is 0.822. The molecule has 0 bridgehead atoms. The lowest BCUT2D eigenvalue weighted by Gasteiger charge is -2.08. The molecule has 0 amide bonds. The Kier molecular flexibility index (Phi) is 5.32. The maximum absolute atomic E-state index is 13.5. The standard InChI is InChI=1S/C15H18FN3O2S/c1-2-22(20,21)19-13-7-8-15(18-11-13)17-10-9-12-5-3-4-6-14(12)16/h3-8,11,19H,2,9-10H2,1H3,(H,17,18). The van der Waals surface area contributed by atoms with Gasteiger partial charge in [-0.1, -0.05) is 18.2 Å². The predicted octanol–water partition coefficient (Wildman–Crippen LogP) is 2.64. The molecule has 0 spiro atoms. The third-order valence-electron chi connectivity index (χ3n) is 3.08. The van der Waals surface area contributed by atoms with Gasteiger partial charge >= 0.3 is 0 Å². The summed E-state index contributed by atoms with van der Waals surface area (Å²) in [5.41, 5.74) is 1.06. The van der Waals surface area contributed by atoms with Gasteiger partial charge in [0, 0.05) is 6.54 Å². The highest BCUT2D eigenvalue weighted by molar-refractivity contribution is 7.92. The number of nitrogens with zero attached hydrogens (tertiary/aromatic N) is 1. The number of benzene rings is 1. The second kappa shape index (κ2) is 7.22. The number of halogens is 1. The highest BCUT2D eigenvalue weighted by Crippen LogP contribution is 2.12. The molecule has 0 saturated heterocycles. The molecule has 0 aliphatic carbocycles. The van der Waals surface area contributed by atoms with E-state index in [1.165, 1.54) is 12.3 Å². The van der Waals surface area contributed by atoms with E-state index in [9.17, 15) is 12.8 Å². The minimum absolute atomic E-state index is 0.00956. The summed E-state index contributed by atoms with van der Waals surface area (Å²) in [4.78, 5) is 4.12. The Morgan fingerprint density at radius 3 is 2.59 bits per heavy atom. The van der Waals surface area contributed by atoms with Crippen LogP contribution in [-0.2, 0) is 16.4 Å². The first-order chi connectivity index (χ1) is 10.5. The lowest BCUT2D eigenvalue weighted by molar-refractivity contribution is 0.602. The van der Waals surface area contributed by atoms with Crippen molar-refractivity contribution in [2.24, 2.45) is 0 Å².